The summed E-state index contributed by atoms with van der Waals surface area (Å²) in [7, 11) is -2.24. The van der Waals surface area contributed by atoms with E-state index in [1.165, 1.54) is 38.5 Å². The van der Waals surface area contributed by atoms with E-state index in [1.807, 2.05) is 0 Å². The number of nitrogens with zero attached hydrogens (tertiary/aromatic N) is 1. The molecule has 0 bridgehead atoms. The van der Waals surface area contributed by atoms with Crippen molar-refractivity contribution in [2.75, 3.05) is 19.3 Å². The first-order chi connectivity index (χ1) is 9.87. The van der Waals surface area contributed by atoms with E-state index < -0.39 is 10.1 Å². The van der Waals surface area contributed by atoms with Gasteiger partial charge >= 0.3 is 0 Å². The molecule has 0 saturated heterocycles. The van der Waals surface area contributed by atoms with Gasteiger partial charge in [0.25, 0.3) is 10.1 Å². The van der Waals surface area contributed by atoms with Crippen molar-refractivity contribution in [3.8, 4) is 0 Å². The Hall–Kier alpha value is -0.620. The smallest absolute Gasteiger partial charge is 0.264 e. The van der Waals surface area contributed by atoms with E-state index >= 15 is 0 Å². The van der Waals surface area contributed by atoms with Crippen molar-refractivity contribution < 1.29 is 17.8 Å². The molecule has 1 N–H and O–H groups in total. The van der Waals surface area contributed by atoms with E-state index in [0.29, 0.717) is 13.0 Å². The van der Waals surface area contributed by atoms with Gasteiger partial charge in [-0.3, -0.25) is 9.35 Å². The molecule has 1 amide bonds. The Kier molecular flexibility index (Phi) is 11.6. The highest BCUT2D eigenvalue weighted by Gasteiger charge is 2.10. The van der Waals surface area contributed by atoms with Gasteiger partial charge in [-0.25, -0.2) is 0 Å². The first-order valence-corrected chi connectivity index (χ1v) is 9.67. The van der Waals surface area contributed by atoms with Gasteiger partial charge in [-0.2, -0.15) is 8.42 Å². The minimum Gasteiger partial charge on any atom is -0.346 e. The van der Waals surface area contributed by atoms with Crippen LogP contribution in [0.2, 0.25) is 0 Å². The molecule has 0 radical (unpaired) electrons. The van der Waals surface area contributed by atoms with E-state index in [-0.39, 0.29) is 18.1 Å². The number of rotatable bonds is 13. The van der Waals surface area contributed by atoms with E-state index in [2.05, 4.69) is 6.92 Å². The van der Waals surface area contributed by atoms with E-state index in [0.717, 1.165) is 12.8 Å². The summed E-state index contributed by atoms with van der Waals surface area (Å²) in [6.45, 7) is 2.58. The molecule has 0 spiro atoms. The van der Waals surface area contributed by atoms with Crippen molar-refractivity contribution in [1.82, 2.24) is 4.90 Å². The lowest BCUT2D eigenvalue weighted by Gasteiger charge is -2.16. The number of carbonyl (C=O) groups is 1. The van der Waals surface area contributed by atoms with Crippen molar-refractivity contribution >= 4 is 16.0 Å². The Morgan fingerprint density at radius 3 is 2.00 bits per heavy atom. The fourth-order valence-corrected chi connectivity index (χ4v) is 2.70. The van der Waals surface area contributed by atoms with Crippen LogP contribution in [0.5, 0.6) is 0 Å². The first kappa shape index (κ1) is 20.4. The molecule has 0 aromatic carbocycles. The van der Waals surface area contributed by atoms with Crippen LogP contribution in [0.25, 0.3) is 0 Å². The fraction of sp³-hybridized carbons (Fsp3) is 0.933. The molecule has 6 heteroatoms. The predicted molar refractivity (Wildman–Crippen MR) is 85.9 cm³/mol. The van der Waals surface area contributed by atoms with Crippen LogP contribution in [0.3, 0.4) is 0 Å². The van der Waals surface area contributed by atoms with Crippen LogP contribution in [0, 0.1) is 0 Å². The van der Waals surface area contributed by atoms with Crippen LogP contribution in [0.4, 0.5) is 0 Å². The van der Waals surface area contributed by atoms with Gasteiger partial charge in [0.15, 0.2) is 0 Å². The molecule has 0 aliphatic rings. The highest BCUT2D eigenvalue weighted by atomic mass is 32.2. The maximum atomic E-state index is 11.8. The second-order valence-corrected chi connectivity index (χ2v) is 7.25. The zero-order valence-corrected chi connectivity index (χ0v) is 14.3. The third kappa shape index (κ3) is 14.1. The van der Waals surface area contributed by atoms with Crippen LogP contribution in [0.1, 0.15) is 71.1 Å². The fourth-order valence-electron chi connectivity index (χ4n) is 2.21. The molecule has 21 heavy (non-hydrogen) atoms. The summed E-state index contributed by atoms with van der Waals surface area (Å²) >= 11 is 0. The van der Waals surface area contributed by atoms with Gasteiger partial charge in [0.05, 0.1) is 5.75 Å². The molecule has 0 fully saturated rings. The van der Waals surface area contributed by atoms with E-state index in [4.69, 9.17) is 4.55 Å². The summed E-state index contributed by atoms with van der Waals surface area (Å²) in [5, 5.41) is 0. The molecule has 0 aliphatic heterocycles. The number of hydrogen-bond donors (Lipinski definition) is 1. The predicted octanol–water partition coefficient (Wildman–Crippen LogP) is 3.25. The highest BCUT2D eigenvalue weighted by molar-refractivity contribution is 7.85. The Labute approximate surface area is 129 Å². The normalized spacial score (nSPS) is 11.6. The SMILES string of the molecule is CCCCCCCCCCC(=O)N(C)CCCS(=O)(=O)O. The van der Waals surface area contributed by atoms with E-state index in [1.54, 1.807) is 11.9 Å². The molecule has 0 saturated carbocycles. The van der Waals surface area contributed by atoms with Crippen molar-refractivity contribution in [1.29, 1.82) is 0 Å². The standard InChI is InChI=1S/C15H31NO4S/c1-3-4-5-6-7-8-9-10-12-15(17)16(2)13-11-14-21(18,19)20/h3-14H2,1-2H3,(H,18,19,20). The Morgan fingerprint density at radius 1 is 0.952 bits per heavy atom. The lowest BCUT2D eigenvalue weighted by Crippen LogP contribution is -2.28. The average Bonchev–Trinajstić information content (AvgIpc) is 2.40. The summed E-state index contributed by atoms with van der Waals surface area (Å²) in [5.74, 6) is -0.237. The number of hydrogen-bond acceptors (Lipinski definition) is 3. The van der Waals surface area contributed by atoms with Crippen LogP contribution >= 0.6 is 0 Å². The van der Waals surface area contributed by atoms with Gasteiger partial charge in [-0.1, -0.05) is 51.9 Å². The van der Waals surface area contributed by atoms with Gasteiger partial charge in [-0.15, -0.1) is 0 Å². The molecule has 126 valence electrons. The maximum Gasteiger partial charge on any atom is 0.264 e. The molecule has 0 atom stereocenters. The van der Waals surface area contributed by atoms with E-state index in [9.17, 15) is 13.2 Å². The lowest BCUT2D eigenvalue weighted by molar-refractivity contribution is -0.130. The van der Waals surface area contributed by atoms with Gasteiger partial charge in [-0.05, 0) is 12.8 Å². The second-order valence-electron chi connectivity index (χ2n) is 5.68. The zero-order valence-electron chi connectivity index (χ0n) is 13.5. The second kappa shape index (κ2) is 12.0. The average molecular weight is 321 g/mol. The topological polar surface area (TPSA) is 74.7 Å². The molecule has 0 aliphatic carbocycles. The molecule has 0 unspecified atom stereocenters. The summed E-state index contributed by atoms with van der Waals surface area (Å²) in [6.07, 6.45) is 10.4. The lowest BCUT2D eigenvalue weighted by atomic mass is 10.1. The van der Waals surface area contributed by atoms with Crippen molar-refractivity contribution in [2.45, 2.75) is 71.1 Å². The zero-order chi connectivity index (χ0) is 16.1. The Morgan fingerprint density at radius 2 is 1.48 bits per heavy atom. The summed E-state index contributed by atoms with van der Waals surface area (Å²) in [4.78, 5) is 13.3. The number of amides is 1. The Balaban J connectivity index is 3.51. The highest BCUT2D eigenvalue weighted by Crippen LogP contribution is 2.10. The minimum absolute atomic E-state index is 0.0521. The molecule has 5 nitrogen and oxygen atoms in total. The van der Waals surface area contributed by atoms with Crippen LogP contribution in [-0.2, 0) is 14.9 Å². The van der Waals surface area contributed by atoms with Crippen LogP contribution < -0.4 is 0 Å². The summed E-state index contributed by atoms with van der Waals surface area (Å²) in [6, 6.07) is 0. The molecule has 0 heterocycles. The largest absolute Gasteiger partial charge is 0.346 e. The number of carbonyl (C=O) groups excluding carboxylic acids is 1. The minimum atomic E-state index is -3.92. The van der Waals surface area contributed by atoms with Gasteiger partial charge in [0.1, 0.15) is 0 Å². The quantitative estimate of drug-likeness (QED) is 0.417. The van der Waals surface area contributed by atoms with Gasteiger partial charge in [0, 0.05) is 20.0 Å². The van der Waals surface area contributed by atoms with Gasteiger partial charge < -0.3 is 4.90 Å². The maximum absolute atomic E-state index is 11.8. The summed E-state index contributed by atoms with van der Waals surface area (Å²) in [5.41, 5.74) is 0. The third-order valence-corrected chi connectivity index (χ3v) is 4.37. The molecular weight excluding hydrogens is 290 g/mol. The Bertz CT molecular complexity index is 368. The molecule has 0 rings (SSSR count). The molecule has 0 aromatic rings. The van der Waals surface area contributed by atoms with Crippen molar-refractivity contribution in [3.05, 3.63) is 0 Å². The van der Waals surface area contributed by atoms with Crippen LogP contribution in [-0.4, -0.2) is 43.1 Å². The van der Waals surface area contributed by atoms with Crippen molar-refractivity contribution in [2.24, 2.45) is 0 Å². The first-order valence-electron chi connectivity index (χ1n) is 8.06. The van der Waals surface area contributed by atoms with Crippen LogP contribution in [0.15, 0.2) is 0 Å². The third-order valence-electron chi connectivity index (χ3n) is 3.57. The van der Waals surface area contributed by atoms with Gasteiger partial charge in [0.2, 0.25) is 5.91 Å². The number of unbranched alkanes of at least 4 members (excludes halogenated alkanes) is 7. The summed E-state index contributed by atoms with van der Waals surface area (Å²) < 4.78 is 29.8. The van der Waals surface area contributed by atoms with Crippen molar-refractivity contribution in [3.63, 3.8) is 0 Å². The molecular formula is C15H31NO4S. The molecule has 0 aromatic heterocycles. The monoisotopic (exact) mass is 321 g/mol.